The zero-order valence-corrected chi connectivity index (χ0v) is 10.1. The van der Waals surface area contributed by atoms with Crippen molar-refractivity contribution in [3.63, 3.8) is 0 Å². The number of rotatable bonds is 7. The minimum atomic E-state index is -4.35. The second kappa shape index (κ2) is 6.01. The van der Waals surface area contributed by atoms with Gasteiger partial charge >= 0.3 is 6.18 Å². The molecule has 4 nitrogen and oxygen atoms in total. The Morgan fingerprint density at radius 2 is 1.94 bits per heavy atom. The van der Waals surface area contributed by atoms with Crippen LogP contribution in [0.3, 0.4) is 0 Å². The first-order chi connectivity index (χ1) is 7.79. The van der Waals surface area contributed by atoms with Gasteiger partial charge in [-0.1, -0.05) is 0 Å². The summed E-state index contributed by atoms with van der Waals surface area (Å²) in [6.45, 7) is -0.102. The van der Waals surface area contributed by atoms with Crippen molar-refractivity contribution >= 4 is 9.84 Å². The van der Waals surface area contributed by atoms with Crippen LogP contribution in [0.25, 0.3) is 0 Å². The second-order valence-corrected chi connectivity index (χ2v) is 6.39. The molecule has 0 aliphatic carbocycles. The van der Waals surface area contributed by atoms with E-state index in [0.717, 1.165) is 0 Å². The molecule has 0 atom stereocenters. The third kappa shape index (κ3) is 6.85. The lowest BCUT2D eigenvalue weighted by atomic mass is 10.1. The van der Waals surface area contributed by atoms with Crippen molar-refractivity contribution in [1.82, 2.24) is 5.32 Å². The molecule has 17 heavy (non-hydrogen) atoms. The van der Waals surface area contributed by atoms with Crippen LogP contribution >= 0.6 is 0 Å². The van der Waals surface area contributed by atoms with Gasteiger partial charge in [-0.2, -0.15) is 13.2 Å². The predicted octanol–water partition coefficient (Wildman–Crippen LogP) is 0.590. The van der Waals surface area contributed by atoms with Crippen molar-refractivity contribution < 1.29 is 26.3 Å². The van der Waals surface area contributed by atoms with Crippen molar-refractivity contribution in [2.24, 2.45) is 5.92 Å². The number of sulfone groups is 1. The number of alkyl halides is 3. The molecule has 0 unspecified atom stereocenters. The molecule has 0 aromatic heterocycles. The lowest BCUT2D eigenvalue weighted by Gasteiger charge is -2.26. The molecule has 0 aromatic rings. The Hall–Kier alpha value is -0.340. The first kappa shape index (κ1) is 14.7. The molecule has 1 rings (SSSR count). The maximum Gasteiger partial charge on any atom is 0.411 e. The highest BCUT2D eigenvalue weighted by atomic mass is 32.2. The Labute approximate surface area is 98.4 Å². The third-order valence-corrected chi connectivity index (χ3v) is 4.26. The smallest absolute Gasteiger partial charge is 0.372 e. The van der Waals surface area contributed by atoms with E-state index in [1.807, 2.05) is 0 Å². The van der Waals surface area contributed by atoms with Gasteiger partial charge in [-0.25, -0.2) is 8.42 Å². The average molecular weight is 275 g/mol. The molecule has 0 amide bonds. The monoisotopic (exact) mass is 275 g/mol. The van der Waals surface area contributed by atoms with Crippen LogP contribution < -0.4 is 5.32 Å². The highest BCUT2D eigenvalue weighted by Crippen LogP contribution is 2.14. The zero-order chi connectivity index (χ0) is 12.9. The molecule has 0 spiro atoms. The molecular formula is C9H16F3NO3S. The van der Waals surface area contributed by atoms with Crippen molar-refractivity contribution in [3.05, 3.63) is 0 Å². The molecule has 0 aromatic carbocycles. The first-order valence-corrected chi connectivity index (χ1v) is 7.16. The molecular weight excluding hydrogens is 259 g/mol. The van der Waals surface area contributed by atoms with E-state index in [-0.39, 0.29) is 30.5 Å². The summed E-state index contributed by atoms with van der Waals surface area (Å²) in [7, 11) is -3.16. The molecule has 0 saturated carbocycles. The Kier molecular flexibility index (Phi) is 5.21. The van der Waals surface area contributed by atoms with Gasteiger partial charge in [0.15, 0.2) is 9.84 Å². The average Bonchev–Trinajstić information content (AvgIpc) is 2.09. The number of hydrogen-bond acceptors (Lipinski definition) is 4. The summed E-state index contributed by atoms with van der Waals surface area (Å²) in [5.41, 5.74) is 0. The molecule has 1 N–H and O–H groups in total. The molecule has 8 heteroatoms. The van der Waals surface area contributed by atoms with E-state index in [1.54, 1.807) is 0 Å². The SMILES string of the molecule is O=S(=O)(CCCOCC(F)(F)F)CC1CNC1. The highest BCUT2D eigenvalue weighted by molar-refractivity contribution is 7.91. The Morgan fingerprint density at radius 3 is 2.41 bits per heavy atom. The van der Waals surface area contributed by atoms with E-state index >= 15 is 0 Å². The molecule has 1 fully saturated rings. The van der Waals surface area contributed by atoms with Crippen LogP contribution in [0.5, 0.6) is 0 Å². The Morgan fingerprint density at radius 1 is 1.29 bits per heavy atom. The summed E-state index contributed by atoms with van der Waals surface area (Å²) in [6.07, 6.45) is -4.24. The number of ether oxygens (including phenoxy) is 1. The summed E-state index contributed by atoms with van der Waals surface area (Å²) < 4.78 is 62.4. The number of halogens is 3. The summed E-state index contributed by atoms with van der Waals surface area (Å²) in [6, 6.07) is 0. The molecule has 0 bridgehead atoms. The van der Waals surface area contributed by atoms with Crippen LogP contribution in [-0.2, 0) is 14.6 Å². The summed E-state index contributed by atoms with van der Waals surface area (Å²) in [4.78, 5) is 0. The van der Waals surface area contributed by atoms with Gasteiger partial charge < -0.3 is 10.1 Å². The van der Waals surface area contributed by atoms with Gasteiger partial charge in [0.05, 0.1) is 11.5 Å². The molecule has 1 saturated heterocycles. The molecule has 1 aliphatic rings. The third-order valence-electron chi connectivity index (χ3n) is 2.37. The van der Waals surface area contributed by atoms with Crippen molar-refractivity contribution in [2.75, 3.05) is 37.8 Å². The Balaban J connectivity index is 2.08. The number of hydrogen-bond donors (Lipinski definition) is 1. The van der Waals surface area contributed by atoms with Gasteiger partial charge in [-0.3, -0.25) is 0 Å². The van der Waals surface area contributed by atoms with Crippen LogP contribution in [0.4, 0.5) is 13.2 Å². The fourth-order valence-corrected chi connectivity index (χ4v) is 3.16. The lowest BCUT2D eigenvalue weighted by molar-refractivity contribution is -0.173. The Bertz CT molecular complexity index is 325. The van der Waals surface area contributed by atoms with Crippen LogP contribution in [0.1, 0.15) is 6.42 Å². The van der Waals surface area contributed by atoms with Gasteiger partial charge in [-0.15, -0.1) is 0 Å². The second-order valence-electron chi connectivity index (χ2n) is 4.16. The fraction of sp³-hybridized carbons (Fsp3) is 1.00. The largest absolute Gasteiger partial charge is 0.411 e. The number of nitrogens with one attached hydrogen (secondary N) is 1. The standard InChI is InChI=1S/C9H16F3NO3S/c10-9(11,12)7-16-2-1-3-17(14,15)6-8-4-13-5-8/h8,13H,1-7H2. The molecule has 1 heterocycles. The van der Waals surface area contributed by atoms with Gasteiger partial charge in [0, 0.05) is 19.7 Å². The predicted molar refractivity (Wildman–Crippen MR) is 56.5 cm³/mol. The fourth-order valence-electron chi connectivity index (χ4n) is 1.48. The van der Waals surface area contributed by atoms with E-state index in [2.05, 4.69) is 10.1 Å². The summed E-state index contributed by atoms with van der Waals surface area (Å²) >= 11 is 0. The van der Waals surface area contributed by atoms with Gasteiger partial charge in [0.2, 0.25) is 0 Å². The first-order valence-electron chi connectivity index (χ1n) is 5.34. The van der Waals surface area contributed by atoms with Crippen molar-refractivity contribution in [3.8, 4) is 0 Å². The quantitative estimate of drug-likeness (QED) is 0.691. The van der Waals surface area contributed by atoms with Crippen LogP contribution in [-0.4, -0.2) is 52.4 Å². The minimum Gasteiger partial charge on any atom is -0.372 e. The normalized spacial score (nSPS) is 18.1. The van der Waals surface area contributed by atoms with E-state index in [9.17, 15) is 21.6 Å². The molecule has 1 aliphatic heterocycles. The van der Waals surface area contributed by atoms with Crippen LogP contribution in [0, 0.1) is 5.92 Å². The maximum atomic E-state index is 11.7. The van der Waals surface area contributed by atoms with Crippen LogP contribution in [0.2, 0.25) is 0 Å². The molecule has 102 valence electrons. The minimum absolute atomic E-state index is 0.110. The van der Waals surface area contributed by atoms with E-state index in [0.29, 0.717) is 13.1 Å². The topological polar surface area (TPSA) is 55.4 Å². The summed E-state index contributed by atoms with van der Waals surface area (Å²) in [5.74, 6) is 0.150. The van der Waals surface area contributed by atoms with E-state index in [4.69, 9.17) is 0 Å². The maximum absolute atomic E-state index is 11.7. The van der Waals surface area contributed by atoms with Crippen LogP contribution in [0.15, 0.2) is 0 Å². The highest BCUT2D eigenvalue weighted by Gasteiger charge is 2.27. The summed E-state index contributed by atoms with van der Waals surface area (Å²) in [5, 5.41) is 2.96. The van der Waals surface area contributed by atoms with Gasteiger partial charge in [0.25, 0.3) is 0 Å². The van der Waals surface area contributed by atoms with Gasteiger partial charge in [-0.05, 0) is 12.3 Å². The van der Waals surface area contributed by atoms with Gasteiger partial charge in [0.1, 0.15) is 6.61 Å². The van der Waals surface area contributed by atoms with Crippen molar-refractivity contribution in [1.29, 1.82) is 0 Å². The van der Waals surface area contributed by atoms with E-state index in [1.165, 1.54) is 0 Å². The zero-order valence-electron chi connectivity index (χ0n) is 9.29. The van der Waals surface area contributed by atoms with E-state index < -0.39 is 22.6 Å². The lowest BCUT2D eigenvalue weighted by Crippen LogP contribution is -2.45. The van der Waals surface area contributed by atoms with Crippen molar-refractivity contribution in [2.45, 2.75) is 12.6 Å². The molecule has 0 radical (unpaired) electrons.